The maximum atomic E-state index is 11.8. The first-order valence-electron chi connectivity index (χ1n) is 6.86. The number of carbonyl (C=O) groups excluding carboxylic acids is 1. The van der Waals surface area contributed by atoms with Crippen molar-refractivity contribution in [2.45, 2.75) is 39.9 Å². The summed E-state index contributed by atoms with van der Waals surface area (Å²) in [6, 6.07) is 5.25. The summed E-state index contributed by atoms with van der Waals surface area (Å²) < 4.78 is 16.2. The molecule has 0 aliphatic rings. The van der Waals surface area contributed by atoms with E-state index in [0.29, 0.717) is 36.7 Å². The molecular formula is C15H22O5. The van der Waals surface area contributed by atoms with Crippen LogP contribution < -0.4 is 9.47 Å². The summed E-state index contributed by atoms with van der Waals surface area (Å²) in [6.07, 6.45) is -0.230. The lowest BCUT2D eigenvalue weighted by atomic mass is 10.2. The van der Waals surface area contributed by atoms with Gasteiger partial charge in [0.05, 0.1) is 19.8 Å². The molecular weight excluding hydrogens is 260 g/mol. The second-order valence-electron chi connectivity index (χ2n) is 4.10. The predicted molar refractivity (Wildman–Crippen MR) is 74.9 cm³/mol. The Balaban J connectivity index is 3.00. The summed E-state index contributed by atoms with van der Waals surface area (Å²) in [5, 5.41) is 9.39. The molecule has 0 aromatic heterocycles. The van der Waals surface area contributed by atoms with E-state index in [1.807, 2.05) is 13.8 Å². The van der Waals surface area contributed by atoms with E-state index >= 15 is 0 Å². The third-order valence-electron chi connectivity index (χ3n) is 2.71. The number of para-hydroxylation sites is 1. The number of aliphatic hydroxyl groups is 1. The van der Waals surface area contributed by atoms with Crippen LogP contribution in [0.25, 0.3) is 0 Å². The van der Waals surface area contributed by atoms with E-state index in [2.05, 4.69) is 0 Å². The number of rotatable bonds is 8. The van der Waals surface area contributed by atoms with Crippen molar-refractivity contribution in [2.75, 3.05) is 13.2 Å². The van der Waals surface area contributed by atoms with Crippen molar-refractivity contribution in [3.05, 3.63) is 23.8 Å². The van der Waals surface area contributed by atoms with Crippen molar-refractivity contribution < 1.29 is 24.1 Å². The number of aliphatic hydroxyl groups excluding tert-OH is 1. The van der Waals surface area contributed by atoms with Gasteiger partial charge in [-0.15, -0.1) is 0 Å². The highest BCUT2D eigenvalue weighted by Gasteiger charge is 2.23. The van der Waals surface area contributed by atoms with Gasteiger partial charge < -0.3 is 19.3 Å². The van der Waals surface area contributed by atoms with E-state index in [4.69, 9.17) is 14.2 Å². The molecule has 1 aromatic rings. The Kier molecular flexibility index (Phi) is 6.87. The minimum atomic E-state index is -0.707. The topological polar surface area (TPSA) is 65.0 Å². The molecule has 5 nitrogen and oxygen atoms in total. The van der Waals surface area contributed by atoms with Crippen LogP contribution in [0.2, 0.25) is 0 Å². The second-order valence-corrected chi connectivity index (χ2v) is 4.10. The Hall–Kier alpha value is -1.75. The minimum absolute atomic E-state index is 0.185. The standard InChI is InChI=1S/C15H22O5/c1-4-12(15(17)19-6-3)20-14-11(10-16)8-7-9-13(14)18-5-2/h7-9,12,16H,4-6,10H2,1-3H3. The largest absolute Gasteiger partial charge is 0.490 e. The first-order chi connectivity index (χ1) is 9.67. The van der Waals surface area contributed by atoms with Crippen LogP contribution in [0.5, 0.6) is 11.5 Å². The zero-order chi connectivity index (χ0) is 15.0. The Morgan fingerprint density at radius 3 is 2.55 bits per heavy atom. The molecule has 1 aromatic carbocycles. The van der Waals surface area contributed by atoms with Crippen molar-refractivity contribution >= 4 is 5.97 Å². The fourth-order valence-corrected chi connectivity index (χ4v) is 1.76. The van der Waals surface area contributed by atoms with Crippen LogP contribution in [-0.4, -0.2) is 30.4 Å². The molecule has 1 unspecified atom stereocenters. The number of carbonyl (C=O) groups is 1. The van der Waals surface area contributed by atoms with Gasteiger partial charge in [0.25, 0.3) is 0 Å². The molecule has 0 aliphatic carbocycles. The van der Waals surface area contributed by atoms with Crippen LogP contribution >= 0.6 is 0 Å². The van der Waals surface area contributed by atoms with Gasteiger partial charge in [0.2, 0.25) is 0 Å². The third kappa shape index (κ3) is 4.13. The molecule has 0 spiro atoms. The summed E-state index contributed by atoms with van der Waals surface area (Å²) in [7, 11) is 0. The zero-order valence-corrected chi connectivity index (χ0v) is 12.2. The van der Waals surface area contributed by atoms with Gasteiger partial charge in [-0.1, -0.05) is 19.1 Å². The van der Waals surface area contributed by atoms with E-state index in [9.17, 15) is 9.90 Å². The molecule has 0 saturated carbocycles. The van der Waals surface area contributed by atoms with Crippen molar-refractivity contribution in [1.82, 2.24) is 0 Å². The van der Waals surface area contributed by atoms with E-state index in [-0.39, 0.29) is 6.61 Å². The van der Waals surface area contributed by atoms with Gasteiger partial charge in [0.15, 0.2) is 17.6 Å². The molecule has 0 fully saturated rings. The lowest BCUT2D eigenvalue weighted by molar-refractivity contribution is -0.151. The van der Waals surface area contributed by atoms with Crippen molar-refractivity contribution in [3.8, 4) is 11.5 Å². The molecule has 1 atom stereocenters. The van der Waals surface area contributed by atoms with Gasteiger partial charge in [-0.05, 0) is 26.3 Å². The monoisotopic (exact) mass is 282 g/mol. The van der Waals surface area contributed by atoms with Crippen LogP contribution in [0, 0.1) is 0 Å². The summed E-state index contributed by atoms with van der Waals surface area (Å²) in [4.78, 5) is 11.8. The zero-order valence-electron chi connectivity index (χ0n) is 12.2. The van der Waals surface area contributed by atoms with Crippen LogP contribution in [0.4, 0.5) is 0 Å². The molecule has 0 amide bonds. The number of benzene rings is 1. The summed E-state index contributed by atoms with van der Waals surface area (Å²) >= 11 is 0. The summed E-state index contributed by atoms with van der Waals surface area (Å²) in [5.41, 5.74) is 0.582. The Bertz CT molecular complexity index is 430. The normalized spacial score (nSPS) is 11.8. The molecule has 0 aliphatic heterocycles. The van der Waals surface area contributed by atoms with Crippen LogP contribution in [0.3, 0.4) is 0 Å². The van der Waals surface area contributed by atoms with Gasteiger partial charge in [0, 0.05) is 5.56 Å². The first-order valence-corrected chi connectivity index (χ1v) is 6.86. The fraction of sp³-hybridized carbons (Fsp3) is 0.533. The molecule has 0 heterocycles. The van der Waals surface area contributed by atoms with Gasteiger partial charge in [-0.25, -0.2) is 4.79 Å². The van der Waals surface area contributed by atoms with E-state index in [1.54, 1.807) is 25.1 Å². The van der Waals surface area contributed by atoms with Gasteiger partial charge in [0.1, 0.15) is 0 Å². The van der Waals surface area contributed by atoms with Crippen LogP contribution in [0.1, 0.15) is 32.8 Å². The average molecular weight is 282 g/mol. The Morgan fingerprint density at radius 2 is 2.00 bits per heavy atom. The van der Waals surface area contributed by atoms with Crippen LogP contribution in [-0.2, 0) is 16.1 Å². The second kappa shape index (κ2) is 8.43. The highest BCUT2D eigenvalue weighted by Crippen LogP contribution is 2.32. The SMILES string of the molecule is CCOC(=O)C(CC)Oc1c(CO)cccc1OCC. The molecule has 20 heavy (non-hydrogen) atoms. The van der Waals surface area contributed by atoms with E-state index in [0.717, 1.165) is 0 Å². The van der Waals surface area contributed by atoms with Crippen LogP contribution in [0.15, 0.2) is 18.2 Å². The van der Waals surface area contributed by atoms with Crippen molar-refractivity contribution in [3.63, 3.8) is 0 Å². The maximum absolute atomic E-state index is 11.8. The molecule has 1 N–H and O–H groups in total. The third-order valence-corrected chi connectivity index (χ3v) is 2.71. The Labute approximate surface area is 119 Å². The lowest BCUT2D eigenvalue weighted by Crippen LogP contribution is -2.29. The summed E-state index contributed by atoms with van der Waals surface area (Å²) in [5.74, 6) is 0.503. The highest BCUT2D eigenvalue weighted by atomic mass is 16.6. The molecule has 112 valence electrons. The number of hydrogen-bond acceptors (Lipinski definition) is 5. The fourth-order valence-electron chi connectivity index (χ4n) is 1.76. The van der Waals surface area contributed by atoms with Gasteiger partial charge in [-0.2, -0.15) is 0 Å². The lowest BCUT2D eigenvalue weighted by Gasteiger charge is -2.20. The molecule has 0 radical (unpaired) electrons. The minimum Gasteiger partial charge on any atom is -0.490 e. The molecule has 0 saturated heterocycles. The molecule has 1 rings (SSSR count). The van der Waals surface area contributed by atoms with Crippen molar-refractivity contribution in [1.29, 1.82) is 0 Å². The van der Waals surface area contributed by atoms with Crippen molar-refractivity contribution in [2.24, 2.45) is 0 Å². The smallest absolute Gasteiger partial charge is 0.347 e. The maximum Gasteiger partial charge on any atom is 0.347 e. The highest BCUT2D eigenvalue weighted by molar-refractivity contribution is 5.75. The molecule has 5 heteroatoms. The predicted octanol–water partition coefficient (Wildman–Crippen LogP) is 2.30. The quantitative estimate of drug-likeness (QED) is 0.741. The van der Waals surface area contributed by atoms with E-state index < -0.39 is 12.1 Å². The average Bonchev–Trinajstić information content (AvgIpc) is 2.46. The number of ether oxygens (including phenoxy) is 3. The van der Waals surface area contributed by atoms with Gasteiger partial charge in [-0.3, -0.25) is 0 Å². The van der Waals surface area contributed by atoms with E-state index in [1.165, 1.54) is 0 Å². The number of esters is 1. The first kappa shape index (κ1) is 16.3. The molecule has 0 bridgehead atoms. The van der Waals surface area contributed by atoms with Gasteiger partial charge >= 0.3 is 5.97 Å². The number of hydrogen-bond donors (Lipinski definition) is 1. The summed E-state index contributed by atoms with van der Waals surface area (Å²) in [6.45, 7) is 6.04. The Morgan fingerprint density at radius 1 is 1.25 bits per heavy atom.